The number of hydrogen-bond donors (Lipinski definition) is 3. The highest BCUT2D eigenvalue weighted by atomic mass is 16.5. The van der Waals surface area contributed by atoms with Crippen molar-refractivity contribution in [1.29, 1.82) is 0 Å². The normalized spacial score (nSPS) is 13.7. The molecule has 0 bridgehead atoms. The second-order valence-electron chi connectivity index (χ2n) is 18.6. The van der Waals surface area contributed by atoms with Crippen molar-refractivity contribution in [3.8, 4) is 0 Å². The van der Waals surface area contributed by atoms with E-state index < -0.39 is 18.2 Å². The molecule has 0 aromatic carbocycles. The van der Waals surface area contributed by atoms with Crippen LogP contribution in [-0.4, -0.2) is 46.9 Å². The lowest BCUT2D eigenvalue weighted by Gasteiger charge is -2.24. The van der Waals surface area contributed by atoms with Gasteiger partial charge in [0.2, 0.25) is 5.91 Å². The molecular formula is C59H105NO5. The van der Waals surface area contributed by atoms with E-state index in [4.69, 9.17) is 4.74 Å². The highest BCUT2D eigenvalue weighted by Gasteiger charge is 2.24. The third kappa shape index (κ3) is 47.6. The molecule has 1 amide bonds. The standard InChI is InChI=1S/C59H105NO5/c1-4-7-10-13-16-19-22-25-28-29-31-34-37-40-43-46-49-52-59(64)65-55(50-47-44-41-38-35-32-30-26-23-20-17-14-11-8-5-2)53-58(63)60-56(54-61)57(62)51-48-45-42-39-36-33-27-24-21-18-15-12-9-6-3/h16-17,19-20,25-26,28,30-31,34-35,38,55-57,61-62H,4-15,18,21-24,27,29,32-33,36-37,39-54H2,1-3H3,(H,60,63)/b19-16-,20-17-,28-25-,30-26-,34-31-,38-35-. The molecule has 6 heteroatoms. The first-order valence-electron chi connectivity index (χ1n) is 27.7. The van der Waals surface area contributed by atoms with Crippen LogP contribution >= 0.6 is 0 Å². The van der Waals surface area contributed by atoms with E-state index in [1.807, 2.05) is 0 Å². The molecule has 0 aliphatic heterocycles. The molecule has 3 atom stereocenters. The summed E-state index contributed by atoms with van der Waals surface area (Å²) in [6, 6.07) is -0.722. The van der Waals surface area contributed by atoms with Crippen molar-refractivity contribution in [2.24, 2.45) is 0 Å². The molecule has 0 heterocycles. The Kier molecular flexibility index (Phi) is 50.1. The molecule has 3 N–H and O–H groups in total. The summed E-state index contributed by atoms with van der Waals surface area (Å²) >= 11 is 0. The Balaban J connectivity index is 4.68. The minimum absolute atomic E-state index is 0.0404. The van der Waals surface area contributed by atoms with Crippen LogP contribution in [0.3, 0.4) is 0 Å². The number of rotatable bonds is 49. The van der Waals surface area contributed by atoms with Crippen LogP contribution in [0, 0.1) is 0 Å². The zero-order valence-electron chi connectivity index (χ0n) is 42.9. The number of ether oxygens (including phenoxy) is 1. The molecule has 0 fully saturated rings. The Morgan fingerprint density at radius 3 is 1.23 bits per heavy atom. The van der Waals surface area contributed by atoms with Crippen LogP contribution in [0.5, 0.6) is 0 Å². The highest BCUT2D eigenvalue weighted by Crippen LogP contribution is 2.17. The first-order chi connectivity index (χ1) is 32.0. The average Bonchev–Trinajstić information content (AvgIpc) is 3.30. The number of allylic oxidation sites excluding steroid dienone is 12. The zero-order chi connectivity index (χ0) is 47.4. The van der Waals surface area contributed by atoms with Gasteiger partial charge in [-0.3, -0.25) is 9.59 Å². The third-order valence-corrected chi connectivity index (χ3v) is 12.3. The van der Waals surface area contributed by atoms with Crippen molar-refractivity contribution < 1.29 is 24.5 Å². The van der Waals surface area contributed by atoms with E-state index in [-0.39, 0.29) is 24.9 Å². The summed E-state index contributed by atoms with van der Waals surface area (Å²) in [4.78, 5) is 26.2. The van der Waals surface area contributed by atoms with Crippen molar-refractivity contribution in [3.05, 3.63) is 72.9 Å². The van der Waals surface area contributed by atoms with Crippen molar-refractivity contribution in [2.75, 3.05) is 6.61 Å². The summed E-state index contributed by atoms with van der Waals surface area (Å²) in [7, 11) is 0. The molecule has 65 heavy (non-hydrogen) atoms. The Bertz CT molecular complexity index is 1200. The van der Waals surface area contributed by atoms with Gasteiger partial charge < -0.3 is 20.3 Å². The first kappa shape index (κ1) is 62.3. The molecule has 6 nitrogen and oxygen atoms in total. The fraction of sp³-hybridized carbons (Fsp3) is 0.763. The molecule has 0 aromatic rings. The van der Waals surface area contributed by atoms with Crippen LogP contribution in [-0.2, 0) is 14.3 Å². The van der Waals surface area contributed by atoms with E-state index >= 15 is 0 Å². The monoisotopic (exact) mass is 908 g/mol. The fourth-order valence-electron chi connectivity index (χ4n) is 8.03. The number of aliphatic hydroxyl groups is 2. The van der Waals surface area contributed by atoms with Gasteiger partial charge in [0.05, 0.1) is 25.2 Å². The van der Waals surface area contributed by atoms with Gasteiger partial charge in [0.1, 0.15) is 6.10 Å². The van der Waals surface area contributed by atoms with Gasteiger partial charge in [-0.25, -0.2) is 0 Å². The van der Waals surface area contributed by atoms with Gasteiger partial charge in [-0.1, -0.05) is 222 Å². The molecule has 0 radical (unpaired) electrons. The van der Waals surface area contributed by atoms with Crippen LogP contribution in [0.15, 0.2) is 72.9 Å². The first-order valence-corrected chi connectivity index (χ1v) is 27.7. The number of hydrogen-bond acceptors (Lipinski definition) is 5. The molecule has 0 rings (SSSR count). The van der Waals surface area contributed by atoms with Gasteiger partial charge in [0.15, 0.2) is 0 Å². The number of carbonyl (C=O) groups excluding carboxylic acids is 2. The van der Waals surface area contributed by atoms with Crippen LogP contribution < -0.4 is 5.32 Å². The Morgan fingerprint density at radius 1 is 0.446 bits per heavy atom. The van der Waals surface area contributed by atoms with E-state index in [1.165, 1.54) is 122 Å². The van der Waals surface area contributed by atoms with E-state index in [0.717, 1.165) is 96.3 Å². The molecule has 376 valence electrons. The number of nitrogens with one attached hydrogen (secondary N) is 1. The molecule has 0 spiro atoms. The fourth-order valence-corrected chi connectivity index (χ4v) is 8.03. The lowest BCUT2D eigenvalue weighted by Crippen LogP contribution is -2.46. The van der Waals surface area contributed by atoms with Gasteiger partial charge >= 0.3 is 5.97 Å². The van der Waals surface area contributed by atoms with E-state index in [0.29, 0.717) is 19.3 Å². The quantitative estimate of drug-likeness (QED) is 0.0321. The summed E-state index contributed by atoms with van der Waals surface area (Å²) in [5.41, 5.74) is 0. The smallest absolute Gasteiger partial charge is 0.306 e. The lowest BCUT2D eigenvalue weighted by atomic mass is 10.0. The Hall–Kier alpha value is -2.70. The van der Waals surface area contributed by atoms with E-state index in [9.17, 15) is 19.8 Å². The Labute approximate surface area is 402 Å². The van der Waals surface area contributed by atoms with Crippen LogP contribution in [0.4, 0.5) is 0 Å². The van der Waals surface area contributed by atoms with Gasteiger partial charge in [-0.05, 0) is 103 Å². The maximum Gasteiger partial charge on any atom is 0.306 e. The van der Waals surface area contributed by atoms with Gasteiger partial charge in [0, 0.05) is 6.42 Å². The highest BCUT2D eigenvalue weighted by molar-refractivity contribution is 5.77. The largest absolute Gasteiger partial charge is 0.462 e. The molecule has 0 aliphatic rings. The molecule has 3 unspecified atom stereocenters. The van der Waals surface area contributed by atoms with E-state index in [1.54, 1.807) is 0 Å². The van der Waals surface area contributed by atoms with Crippen molar-refractivity contribution >= 4 is 11.9 Å². The summed E-state index contributed by atoms with van der Waals surface area (Å²) < 4.78 is 5.92. The third-order valence-electron chi connectivity index (χ3n) is 12.3. The number of carbonyl (C=O) groups is 2. The molecule has 0 saturated carbocycles. The summed E-state index contributed by atoms with van der Waals surface area (Å²) in [5, 5.41) is 23.8. The second kappa shape index (κ2) is 52.3. The zero-order valence-corrected chi connectivity index (χ0v) is 42.9. The van der Waals surface area contributed by atoms with Crippen LogP contribution in [0.1, 0.15) is 265 Å². The number of unbranched alkanes of at least 4 members (excludes halogenated alkanes) is 25. The predicted molar refractivity (Wildman–Crippen MR) is 282 cm³/mol. The topological polar surface area (TPSA) is 95.9 Å². The van der Waals surface area contributed by atoms with E-state index in [2.05, 4.69) is 99.0 Å². The Morgan fingerprint density at radius 2 is 0.785 bits per heavy atom. The minimum Gasteiger partial charge on any atom is -0.462 e. The van der Waals surface area contributed by atoms with Crippen molar-refractivity contribution in [3.63, 3.8) is 0 Å². The second-order valence-corrected chi connectivity index (χ2v) is 18.6. The molecule has 0 saturated heterocycles. The maximum absolute atomic E-state index is 13.2. The van der Waals surface area contributed by atoms with Crippen LogP contribution in [0.2, 0.25) is 0 Å². The van der Waals surface area contributed by atoms with Gasteiger partial charge in [0.25, 0.3) is 0 Å². The molecule has 0 aliphatic carbocycles. The summed E-state index contributed by atoms with van der Waals surface area (Å²) in [5.74, 6) is -0.535. The summed E-state index contributed by atoms with van der Waals surface area (Å²) in [6.07, 6.45) is 66.7. The maximum atomic E-state index is 13.2. The average molecular weight is 908 g/mol. The minimum atomic E-state index is -0.805. The lowest BCUT2D eigenvalue weighted by molar-refractivity contribution is -0.151. The van der Waals surface area contributed by atoms with Crippen molar-refractivity contribution in [1.82, 2.24) is 5.32 Å². The molecule has 0 aromatic heterocycles. The number of amides is 1. The predicted octanol–water partition coefficient (Wildman–Crippen LogP) is 17.0. The van der Waals surface area contributed by atoms with Crippen molar-refractivity contribution in [2.45, 2.75) is 283 Å². The number of aliphatic hydroxyl groups excluding tert-OH is 2. The molecular weight excluding hydrogens is 803 g/mol. The number of esters is 1. The summed E-state index contributed by atoms with van der Waals surface area (Å²) in [6.45, 7) is 6.42. The SMILES string of the molecule is CCCCC/C=C\C/C=C\C/C=C\CCCCCCC(=O)OC(CCCC/C=C\C/C=C\C/C=C\CCCCC)CC(=O)NC(CO)C(O)CCCCCCCCCCCCCCCC. The van der Waals surface area contributed by atoms with Gasteiger partial charge in [-0.2, -0.15) is 0 Å². The van der Waals surface area contributed by atoms with Gasteiger partial charge in [-0.15, -0.1) is 0 Å². The van der Waals surface area contributed by atoms with Crippen LogP contribution in [0.25, 0.3) is 0 Å².